The van der Waals surface area contributed by atoms with E-state index in [0.29, 0.717) is 23.0 Å². The van der Waals surface area contributed by atoms with Crippen molar-refractivity contribution in [2.75, 3.05) is 24.8 Å². The minimum atomic E-state index is -0.594. The molecule has 1 heterocycles. The van der Waals surface area contributed by atoms with Crippen LogP contribution in [0.3, 0.4) is 0 Å². The van der Waals surface area contributed by atoms with Crippen molar-refractivity contribution in [1.29, 1.82) is 0 Å². The van der Waals surface area contributed by atoms with E-state index in [4.69, 9.17) is 9.26 Å². The van der Waals surface area contributed by atoms with Crippen molar-refractivity contribution in [3.63, 3.8) is 0 Å². The lowest BCUT2D eigenvalue weighted by molar-refractivity contribution is 0.0967. The van der Waals surface area contributed by atoms with Gasteiger partial charge in [0.15, 0.2) is 5.69 Å². The number of benzene rings is 1. The number of nitrogens with one attached hydrogen (secondary N) is 1. The SMILES string of the molecule is COCCCCCSC1=CC(=O)c2onc(C(=O)Nc3ccccc3)c2C1=O. The fourth-order valence-electron chi connectivity index (χ4n) is 2.72. The van der Waals surface area contributed by atoms with E-state index in [-0.39, 0.29) is 17.0 Å². The largest absolute Gasteiger partial charge is 0.385 e. The highest BCUT2D eigenvalue weighted by molar-refractivity contribution is 8.04. The molecular weight excluding hydrogens is 380 g/mol. The lowest BCUT2D eigenvalue weighted by Crippen LogP contribution is -2.20. The van der Waals surface area contributed by atoms with Crippen LogP contribution in [0.5, 0.6) is 0 Å². The first kappa shape index (κ1) is 20.0. The molecule has 0 bridgehead atoms. The Kier molecular flexibility index (Phi) is 6.78. The maximum atomic E-state index is 12.8. The molecule has 0 aliphatic heterocycles. The summed E-state index contributed by atoms with van der Waals surface area (Å²) < 4.78 is 10.0. The second kappa shape index (κ2) is 9.48. The maximum Gasteiger partial charge on any atom is 0.278 e. The molecule has 0 radical (unpaired) electrons. The summed E-state index contributed by atoms with van der Waals surface area (Å²) in [6.45, 7) is 0.703. The predicted octanol–water partition coefficient (Wildman–Crippen LogP) is 3.74. The van der Waals surface area contributed by atoms with Crippen molar-refractivity contribution in [2.45, 2.75) is 19.3 Å². The molecule has 7 nitrogen and oxygen atoms in total. The highest BCUT2D eigenvalue weighted by atomic mass is 32.2. The number of carbonyl (C=O) groups is 3. The molecule has 1 aliphatic carbocycles. The molecular formula is C20H20N2O5S. The van der Waals surface area contributed by atoms with Crippen LogP contribution in [0.25, 0.3) is 0 Å². The van der Waals surface area contributed by atoms with Crippen molar-refractivity contribution < 1.29 is 23.6 Å². The topological polar surface area (TPSA) is 98.5 Å². The number of nitrogens with zero attached hydrogens (tertiary/aromatic N) is 1. The third-order valence-electron chi connectivity index (χ3n) is 4.13. The van der Waals surface area contributed by atoms with Gasteiger partial charge in [-0.1, -0.05) is 29.8 Å². The Morgan fingerprint density at radius 1 is 1.18 bits per heavy atom. The summed E-state index contributed by atoms with van der Waals surface area (Å²) in [4.78, 5) is 38.0. The van der Waals surface area contributed by atoms with Gasteiger partial charge in [0.05, 0.1) is 4.91 Å². The van der Waals surface area contributed by atoms with Crippen molar-refractivity contribution in [1.82, 2.24) is 5.16 Å². The molecule has 1 amide bonds. The third-order valence-corrected chi connectivity index (χ3v) is 5.23. The van der Waals surface area contributed by atoms with E-state index in [1.165, 1.54) is 17.8 Å². The molecule has 28 heavy (non-hydrogen) atoms. The van der Waals surface area contributed by atoms with E-state index in [9.17, 15) is 14.4 Å². The van der Waals surface area contributed by atoms with Gasteiger partial charge in [0.1, 0.15) is 5.56 Å². The van der Waals surface area contributed by atoms with Crippen LogP contribution < -0.4 is 5.32 Å². The summed E-state index contributed by atoms with van der Waals surface area (Å²) in [7, 11) is 1.66. The number of hydrogen-bond acceptors (Lipinski definition) is 7. The number of para-hydroxylation sites is 1. The minimum absolute atomic E-state index is 0.0668. The number of anilines is 1. The smallest absolute Gasteiger partial charge is 0.278 e. The van der Waals surface area contributed by atoms with Crippen LogP contribution in [-0.4, -0.2) is 42.1 Å². The van der Waals surface area contributed by atoms with Crippen LogP contribution >= 0.6 is 11.8 Å². The van der Waals surface area contributed by atoms with Crippen LogP contribution in [0.1, 0.15) is 50.7 Å². The number of thioether (sulfide) groups is 1. The molecule has 1 aliphatic rings. The highest BCUT2D eigenvalue weighted by Gasteiger charge is 2.36. The van der Waals surface area contributed by atoms with Crippen molar-refractivity contribution in [2.24, 2.45) is 0 Å². The van der Waals surface area contributed by atoms with Gasteiger partial charge in [0, 0.05) is 25.5 Å². The number of aromatic nitrogens is 1. The number of allylic oxidation sites excluding steroid dienone is 2. The molecule has 146 valence electrons. The van der Waals surface area contributed by atoms with Gasteiger partial charge in [-0.05, 0) is 30.7 Å². The van der Waals surface area contributed by atoms with E-state index in [2.05, 4.69) is 10.5 Å². The van der Waals surface area contributed by atoms with Crippen LogP contribution in [0.15, 0.2) is 45.8 Å². The van der Waals surface area contributed by atoms with Gasteiger partial charge < -0.3 is 14.6 Å². The Hall–Kier alpha value is -2.71. The number of amides is 1. The average Bonchev–Trinajstić information content (AvgIpc) is 3.15. The Morgan fingerprint density at radius 3 is 2.71 bits per heavy atom. The third kappa shape index (κ3) is 4.58. The fourth-order valence-corrected chi connectivity index (χ4v) is 3.72. The van der Waals surface area contributed by atoms with E-state index < -0.39 is 17.5 Å². The van der Waals surface area contributed by atoms with E-state index in [1.54, 1.807) is 31.4 Å². The number of rotatable bonds is 9. The Balaban J connectivity index is 1.69. The first-order chi connectivity index (χ1) is 13.6. The number of carbonyl (C=O) groups excluding carboxylic acids is 3. The first-order valence-corrected chi connectivity index (χ1v) is 9.89. The number of ketones is 2. The average molecular weight is 400 g/mol. The second-order valence-corrected chi connectivity index (χ2v) is 7.30. The molecule has 1 N–H and O–H groups in total. The van der Waals surface area contributed by atoms with Crippen LogP contribution in [0.4, 0.5) is 5.69 Å². The standard InChI is InChI=1S/C20H20N2O5S/c1-26-10-6-3-7-11-28-15-12-14(23)19-16(18(15)24)17(22-27-19)20(25)21-13-8-4-2-5-9-13/h2,4-5,8-9,12H,3,6-7,10-11H2,1H3,(H,21,25). The Labute approximate surface area is 166 Å². The van der Waals surface area contributed by atoms with E-state index >= 15 is 0 Å². The number of Topliss-reactive ketones (excluding diaryl/α,β-unsaturated/α-hetero) is 1. The number of unbranched alkanes of at least 4 members (excludes halogenated alkanes) is 2. The summed E-state index contributed by atoms with van der Waals surface area (Å²) in [6.07, 6.45) is 4.07. The summed E-state index contributed by atoms with van der Waals surface area (Å²) >= 11 is 1.31. The van der Waals surface area contributed by atoms with Crippen molar-refractivity contribution >= 4 is 34.9 Å². The molecule has 0 spiro atoms. The molecule has 0 saturated carbocycles. The molecule has 1 aromatic carbocycles. The summed E-state index contributed by atoms with van der Waals surface area (Å²) in [6, 6.07) is 8.78. The second-order valence-electron chi connectivity index (χ2n) is 6.16. The Bertz CT molecular complexity index is 905. The molecule has 8 heteroatoms. The van der Waals surface area contributed by atoms with Gasteiger partial charge in [-0.3, -0.25) is 14.4 Å². The summed E-state index contributed by atoms with van der Waals surface area (Å²) in [5.74, 6) is -0.949. The van der Waals surface area contributed by atoms with E-state index in [0.717, 1.165) is 19.3 Å². The molecule has 0 fully saturated rings. The zero-order valence-corrected chi connectivity index (χ0v) is 16.2. The predicted molar refractivity (Wildman–Crippen MR) is 106 cm³/mol. The zero-order chi connectivity index (χ0) is 19.9. The van der Waals surface area contributed by atoms with Crippen molar-refractivity contribution in [3.05, 3.63) is 58.3 Å². The van der Waals surface area contributed by atoms with Crippen molar-refractivity contribution in [3.8, 4) is 0 Å². The van der Waals surface area contributed by atoms with E-state index in [1.807, 2.05) is 6.07 Å². The quantitative estimate of drug-likeness (QED) is 0.640. The minimum Gasteiger partial charge on any atom is -0.385 e. The summed E-state index contributed by atoms with van der Waals surface area (Å²) in [5.41, 5.74) is 0.311. The normalized spacial score (nSPS) is 13.2. The van der Waals surface area contributed by atoms with Gasteiger partial charge in [-0.25, -0.2) is 0 Å². The van der Waals surface area contributed by atoms with Gasteiger partial charge in [0.2, 0.25) is 17.3 Å². The monoisotopic (exact) mass is 400 g/mol. The van der Waals surface area contributed by atoms with Crippen LogP contribution in [-0.2, 0) is 4.74 Å². The molecule has 1 aromatic heterocycles. The van der Waals surface area contributed by atoms with Gasteiger partial charge in [-0.2, -0.15) is 0 Å². The number of hydrogen-bond donors (Lipinski definition) is 1. The van der Waals surface area contributed by atoms with Crippen LogP contribution in [0, 0.1) is 0 Å². The van der Waals surface area contributed by atoms with Crippen LogP contribution in [0.2, 0.25) is 0 Å². The van der Waals surface area contributed by atoms with Gasteiger partial charge in [0.25, 0.3) is 5.91 Å². The number of methoxy groups -OCH3 is 1. The lowest BCUT2D eigenvalue weighted by Gasteiger charge is -2.11. The summed E-state index contributed by atoms with van der Waals surface area (Å²) in [5, 5.41) is 6.33. The Morgan fingerprint density at radius 2 is 1.96 bits per heavy atom. The molecule has 3 rings (SSSR count). The molecule has 0 saturated heterocycles. The first-order valence-electron chi connectivity index (χ1n) is 8.90. The molecule has 0 atom stereocenters. The molecule has 0 unspecified atom stereocenters. The zero-order valence-electron chi connectivity index (χ0n) is 15.4. The van der Waals surface area contributed by atoms with Gasteiger partial charge in [-0.15, -0.1) is 11.8 Å². The number of ether oxygens (including phenoxy) is 1. The van der Waals surface area contributed by atoms with Gasteiger partial charge >= 0.3 is 0 Å². The highest BCUT2D eigenvalue weighted by Crippen LogP contribution is 2.31. The number of fused-ring (bicyclic) bond motifs is 1. The maximum absolute atomic E-state index is 12.8. The molecule has 2 aromatic rings. The lowest BCUT2D eigenvalue weighted by atomic mass is 9.99. The fraction of sp³-hybridized carbons (Fsp3) is 0.300.